The molecule has 0 spiro atoms. The zero-order chi connectivity index (χ0) is 19.2. The van der Waals surface area contributed by atoms with Crippen LogP contribution in [0.25, 0.3) is 0 Å². The summed E-state index contributed by atoms with van der Waals surface area (Å²) in [4.78, 5) is 26.7. The number of likely N-dealkylation sites (tertiary alicyclic amines) is 1. The van der Waals surface area contributed by atoms with Crippen LogP contribution in [-0.4, -0.2) is 41.5 Å². The summed E-state index contributed by atoms with van der Waals surface area (Å²) in [5, 5.41) is 15.4. The van der Waals surface area contributed by atoms with E-state index in [9.17, 15) is 14.7 Å². The van der Waals surface area contributed by atoms with E-state index in [1.54, 1.807) is 24.3 Å². The van der Waals surface area contributed by atoms with Crippen molar-refractivity contribution in [3.8, 4) is 5.75 Å². The molecule has 0 saturated carbocycles. The third kappa shape index (κ3) is 5.55. The fraction of sp³-hybridized carbons (Fsp3) is 0.300. The minimum atomic E-state index is -0.117. The molecule has 1 aliphatic heterocycles. The predicted molar refractivity (Wildman–Crippen MR) is 109 cm³/mol. The van der Waals surface area contributed by atoms with Gasteiger partial charge in [-0.3, -0.25) is 14.5 Å². The molecular formula is C20H22BrN3O3. The van der Waals surface area contributed by atoms with Crippen LogP contribution < -0.4 is 10.6 Å². The van der Waals surface area contributed by atoms with Crippen LogP contribution in [0.2, 0.25) is 0 Å². The van der Waals surface area contributed by atoms with E-state index in [-0.39, 0.29) is 23.5 Å². The molecule has 3 rings (SSSR count). The number of piperidine rings is 1. The first-order valence-electron chi connectivity index (χ1n) is 8.88. The normalized spacial score (nSPS) is 15.3. The largest absolute Gasteiger partial charge is 0.506 e. The molecule has 0 unspecified atom stereocenters. The number of benzene rings is 2. The molecule has 0 radical (unpaired) electrons. The number of phenols is 1. The molecule has 0 atom stereocenters. The lowest BCUT2D eigenvalue weighted by Gasteiger charge is -2.30. The number of hydrogen-bond acceptors (Lipinski definition) is 4. The van der Waals surface area contributed by atoms with E-state index >= 15 is 0 Å². The van der Waals surface area contributed by atoms with E-state index in [0.717, 1.165) is 10.2 Å². The zero-order valence-corrected chi connectivity index (χ0v) is 16.4. The Morgan fingerprint density at radius 2 is 1.81 bits per heavy atom. The van der Waals surface area contributed by atoms with Crippen LogP contribution in [0, 0.1) is 5.92 Å². The Labute approximate surface area is 166 Å². The fourth-order valence-corrected chi connectivity index (χ4v) is 3.54. The van der Waals surface area contributed by atoms with Gasteiger partial charge in [-0.05, 0) is 56.3 Å². The molecule has 6 nitrogen and oxygen atoms in total. The summed E-state index contributed by atoms with van der Waals surface area (Å²) < 4.78 is 0.913. The van der Waals surface area contributed by atoms with Crippen molar-refractivity contribution >= 4 is 39.1 Å². The van der Waals surface area contributed by atoms with E-state index in [2.05, 4.69) is 31.5 Å². The standard InChI is InChI=1S/C20H22BrN3O3/c21-15-4-3-5-16(12-15)22-19(26)13-24-10-8-14(9-11-24)20(27)23-17-6-1-2-7-18(17)25/h1-7,12,14,25H,8-11,13H2,(H,22,26)(H,23,27). The molecule has 0 aliphatic carbocycles. The van der Waals surface area contributed by atoms with Crippen molar-refractivity contribution in [3.63, 3.8) is 0 Å². The molecule has 3 N–H and O–H groups in total. The number of hydrogen-bond donors (Lipinski definition) is 3. The van der Waals surface area contributed by atoms with Gasteiger partial charge in [-0.25, -0.2) is 0 Å². The van der Waals surface area contributed by atoms with Crippen LogP contribution >= 0.6 is 15.9 Å². The first-order valence-corrected chi connectivity index (χ1v) is 9.67. The quantitative estimate of drug-likeness (QED) is 0.633. The minimum absolute atomic E-state index is 0.0625. The van der Waals surface area contributed by atoms with Crippen molar-refractivity contribution in [2.75, 3.05) is 30.3 Å². The van der Waals surface area contributed by atoms with Crippen LogP contribution in [0.3, 0.4) is 0 Å². The van der Waals surface area contributed by atoms with Gasteiger partial charge >= 0.3 is 0 Å². The van der Waals surface area contributed by atoms with Gasteiger partial charge in [-0.1, -0.05) is 34.1 Å². The smallest absolute Gasteiger partial charge is 0.238 e. The number of anilines is 2. The average Bonchev–Trinajstić information content (AvgIpc) is 2.64. The highest BCUT2D eigenvalue weighted by atomic mass is 79.9. The van der Waals surface area contributed by atoms with Crippen molar-refractivity contribution in [3.05, 3.63) is 53.0 Å². The number of halogens is 1. The molecule has 1 fully saturated rings. The van der Waals surface area contributed by atoms with Crippen molar-refractivity contribution < 1.29 is 14.7 Å². The second-order valence-electron chi connectivity index (χ2n) is 6.62. The van der Waals surface area contributed by atoms with Gasteiger partial charge in [0, 0.05) is 16.1 Å². The van der Waals surface area contributed by atoms with Gasteiger partial charge in [0.05, 0.1) is 12.2 Å². The summed E-state index contributed by atoms with van der Waals surface area (Å²) in [6.45, 7) is 1.68. The monoisotopic (exact) mass is 431 g/mol. The maximum absolute atomic E-state index is 12.4. The second kappa shape index (κ2) is 9.01. The SMILES string of the molecule is O=C(CN1CCC(C(=O)Nc2ccccc2O)CC1)Nc1cccc(Br)c1. The Bertz CT molecular complexity index is 820. The number of amides is 2. The van der Waals surface area contributed by atoms with E-state index in [1.807, 2.05) is 24.3 Å². The molecule has 1 saturated heterocycles. The number of carbonyl (C=O) groups excluding carboxylic acids is 2. The van der Waals surface area contributed by atoms with Crippen LogP contribution in [0.5, 0.6) is 5.75 Å². The third-order valence-electron chi connectivity index (χ3n) is 4.60. The van der Waals surface area contributed by atoms with Crippen LogP contribution in [-0.2, 0) is 9.59 Å². The van der Waals surface area contributed by atoms with Crippen LogP contribution in [0.15, 0.2) is 53.0 Å². The summed E-state index contributed by atoms with van der Waals surface area (Å²) in [6, 6.07) is 14.2. The van der Waals surface area contributed by atoms with Gasteiger partial charge in [0.1, 0.15) is 5.75 Å². The second-order valence-corrected chi connectivity index (χ2v) is 7.53. The number of carbonyl (C=O) groups is 2. The molecule has 0 aromatic heterocycles. The Morgan fingerprint density at radius 3 is 2.52 bits per heavy atom. The highest BCUT2D eigenvalue weighted by Crippen LogP contribution is 2.25. The number of nitrogens with zero attached hydrogens (tertiary/aromatic N) is 1. The molecule has 2 aromatic rings. The number of para-hydroxylation sites is 2. The van der Waals surface area contributed by atoms with Gasteiger partial charge in [-0.15, -0.1) is 0 Å². The number of nitrogens with one attached hydrogen (secondary N) is 2. The van der Waals surface area contributed by atoms with E-state index in [0.29, 0.717) is 38.2 Å². The lowest BCUT2D eigenvalue weighted by molar-refractivity contribution is -0.121. The molecule has 1 heterocycles. The Morgan fingerprint density at radius 1 is 1.07 bits per heavy atom. The molecule has 7 heteroatoms. The summed E-state index contributed by atoms with van der Waals surface area (Å²) in [6.07, 6.45) is 1.37. The average molecular weight is 432 g/mol. The Hall–Kier alpha value is -2.38. The topological polar surface area (TPSA) is 81.7 Å². The first kappa shape index (κ1) is 19.4. The third-order valence-corrected chi connectivity index (χ3v) is 5.09. The minimum Gasteiger partial charge on any atom is -0.506 e. The van der Waals surface area contributed by atoms with Crippen molar-refractivity contribution in [2.45, 2.75) is 12.8 Å². The summed E-state index contributed by atoms with van der Waals surface area (Å²) in [5.41, 5.74) is 1.18. The van der Waals surface area contributed by atoms with Crippen molar-refractivity contribution in [1.82, 2.24) is 4.90 Å². The lowest BCUT2D eigenvalue weighted by atomic mass is 9.95. The number of aromatic hydroxyl groups is 1. The highest BCUT2D eigenvalue weighted by Gasteiger charge is 2.26. The first-order chi connectivity index (χ1) is 13.0. The van der Waals surface area contributed by atoms with Crippen LogP contribution in [0.1, 0.15) is 12.8 Å². The van der Waals surface area contributed by atoms with E-state index < -0.39 is 0 Å². The highest BCUT2D eigenvalue weighted by molar-refractivity contribution is 9.10. The van der Waals surface area contributed by atoms with Gasteiger partial charge in [0.2, 0.25) is 11.8 Å². The lowest BCUT2D eigenvalue weighted by Crippen LogP contribution is -2.41. The zero-order valence-electron chi connectivity index (χ0n) is 14.8. The van der Waals surface area contributed by atoms with E-state index in [4.69, 9.17) is 0 Å². The molecule has 2 amide bonds. The van der Waals surface area contributed by atoms with Crippen molar-refractivity contribution in [1.29, 1.82) is 0 Å². The predicted octanol–water partition coefficient (Wildman–Crippen LogP) is 3.44. The maximum atomic E-state index is 12.4. The fourth-order valence-electron chi connectivity index (χ4n) is 3.14. The van der Waals surface area contributed by atoms with E-state index in [1.165, 1.54) is 0 Å². The molecule has 0 bridgehead atoms. The molecule has 1 aliphatic rings. The molecule has 27 heavy (non-hydrogen) atoms. The van der Waals surface area contributed by atoms with Gasteiger partial charge in [0.25, 0.3) is 0 Å². The van der Waals surface area contributed by atoms with Gasteiger partial charge < -0.3 is 15.7 Å². The van der Waals surface area contributed by atoms with Gasteiger partial charge in [-0.2, -0.15) is 0 Å². The molecular weight excluding hydrogens is 410 g/mol. The summed E-state index contributed by atoms with van der Waals surface area (Å²) in [7, 11) is 0. The number of rotatable bonds is 5. The molecule has 142 valence electrons. The Balaban J connectivity index is 1.45. The molecule has 2 aromatic carbocycles. The van der Waals surface area contributed by atoms with Crippen molar-refractivity contribution in [2.24, 2.45) is 5.92 Å². The Kier molecular flexibility index (Phi) is 6.47. The van der Waals surface area contributed by atoms with Gasteiger partial charge in [0.15, 0.2) is 0 Å². The summed E-state index contributed by atoms with van der Waals surface area (Å²) in [5.74, 6) is -0.207. The maximum Gasteiger partial charge on any atom is 0.238 e. The summed E-state index contributed by atoms with van der Waals surface area (Å²) >= 11 is 3.38. The number of phenolic OH excluding ortho intramolecular Hbond substituents is 1. The van der Waals surface area contributed by atoms with Crippen LogP contribution in [0.4, 0.5) is 11.4 Å².